The molecule has 6 heteroatoms. The molecule has 0 radical (unpaired) electrons. The maximum atomic E-state index is 11.9. The second kappa shape index (κ2) is 4.73. The molecule has 1 amide bonds. The minimum Gasteiger partial charge on any atom is -0.396 e. The standard InChI is InChI=1S/C11H10ClN3OS/c1-6-5-17-10(9(6)12)11(16)15-8-2-3-14-4-7(8)13/h2-5H,13H2,1H3,(H,14,15,16). The van der Waals surface area contributed by atoms with E-state index in [2.05, 4.69) is 10.3 Å². The first-order valence-electron chi connectivity index (χ1n) is 4.84. The molecule has 0 aliphatic rings. The topological polar surface area (TPSA) is 68.0 Å². The van der Waals surface area contributed by atoms with Gasteiger partial charge in [-0.1, -0.05) is 11.6 Å². The number of carbonyl (C=O) groups is 1. The fourth-order valence-corrected chi connectivity index (χ4v) is 2.46. The van der Waals surface area contributed by atoms with Crippen molar-refractivity contribution in [3.8, 4) is 0 Å². The predicted octanol–water partition coefficient (Wildman–Crippen LogP) is 2.94. The van der Waals surface area contributed by atoms with Crippen LogP contribution in [0.15, 0.2) is 23.8 Å². The van der Waals surface area contributed by atoms with E-state index in [4.69, 9.17) is 17.3 Å². The molecule has 0 saturated heterocycles. The van der Waals surface area contributed by atoms with Crippen LogP contribution in [0.4, 0.5) is 11.4 Å². The van der Waals surface area contributed by atoms with Gasteiger partial charge in [0.2, 0.25) is 0 Å². The number of nitrogens with two attached hydrogens (primary N) is 1. The molecule has 0 unspecified atom stereocenters. The highest BCUT2D eigenvalue weighted by molar-refractivity contribution is 7.13. The van der Waals surface area contributed by atoms with Gasteiger partial charge in [0.05, 0.1) is 22.6 Å². The number of aromatic nitrogens is 1. The highest BCUT2D eigenvalue weighted by Gasteiger charge is 2.15. The molecular formula is C11H10ClN3OS. The number of hydrogen-bond acceptors (Lipinski definition) is 4. The van der Waals surface area contributed by atoms with Gasteiger partial charge in [-0.05, 0) is 23.9 Å². The van der Waals surface area contributed by atoms with E-state index in [0.717, 1.165) is 5.56 Å². The van der Waals surface area contributed by atoms with Crippen LogP contribution >= 0.6 is 22.9 Å². The fraction of sp³-hybridized carbons (Fsp3) is 0.0909. The Morgan fingerprint density at radius 2 is 2.35 bits per heavy atom. The van der Waals surface area contributed by atoms with Gasteiger partial charge in [0.15, 0.2) is 0 Å². The van der Waals surface area contributed by atoms with E-state index < -0.39 is 0 Å². The summed E-state index contributed by atoms with van der Waals surface area (Å²) in [5, 5.41) is 5.03. The van der Waals surface area contributed by atoms with Crippen LogP contribution in [-0.2, 0) is 0 Å². The minimum atomic E-state index is -0.258. The Kier molecular flexibility index (Phi) is 3.31. The first-order chi connectivity index (χ1) is 8.09. The number of halogens is 1. The van der Waals surface area contributed by atoms with Crippen molar-refractivity contribution in [2.75, 3.05) is 11.1 Å². The van der Waals surface area contributed by atoms with Gasteiger partial charge in [0, 0.05) is 6.20 Å². The van der Waals surface area contributed by atoms with Crippen LogP contribution in [0, 0.1) is 6.92 Å². The number of aryl methyl sites for hydroxylation is 1. The van der Waals surface area contributed by atoms with E-state index in [1.807, 2.05) is 12.3 Å². The summed E-state index contributed by atoms with van der Waals surface area (Å²) < 4.78 is 0. The lowest BCUT2D eigenvalue weighted by Crippen LogP contribution is -2.12. The van der Waals surface area contributed by atoms with Gasteiger partial charge in [0.25, 0.3) is 5.91 Å². The first-order valence-corrected chi connectivity index (χ1v) is 6.09. The van der Waals surface area contributed by atoms with Crippen molar-refractivity contribution in [3.63, 3.8) is 0 Å². The number of rotatable bonds is 2. The van der Waals surface area contributed by atoms with Gasteiger partial charge >= 0.3 is 0 Å². The van der Waals surface area contributed by atoms with Gasteiger partial charge in [-0.15, -0.1) is 11.3 Å². The second-order valence-corrected chi connectivity index (χ2v) is 4.74. The zero-order valence-electron chi connectivity index (χ0n) is 9.03. The Balaban J connectivity index is 2.23. The number of nitrogen functional groups attached to an aromatic ring is 1. The molecule has 0 aliphatic carbocycles. The molecule has 3 N–H and O–H groups in total. The van der Waals surface area contributed by atoms with Gasteiger partial charge in [-0.3, -0.25) is 9.78 Å². The summed E-state index contributed by atoms with van der Waals surface area (Å²) in [5.41, 5.74) is 7.53. The summed E-state index contributed by atoms with van der Waals surface area (Å²) in [7, 11) is 0. The largest absolute Gasteiger partial charge is 0.396 e. The Hall–Kier alpha value is -1.59. The van der Waals surface area contributed by atoms with E-state index in [1.54, 1.807) is 12.3 Å². The second-order valence-electron chi connectivity index (χ2n) is 3.48. The molecule has 0 atom stereocenters. The summed E-state index contributed by atoms with van der Waals surface area (Å²) in [6, 6.07) is 1.64. The highest BCUT2D eigenvalue weighted by Crippen LogP contribution is 2.28. The smallest absolute Gasteiger partial charge is 0.267 e. The number of anilines is 2. The molecule has 2 heterocycles. The lowest BCUT2D eigenvalue weighted by molar-refractivity contribution is 0.103. The van der Waals surface area contributed by atoms with Crippen molar-refractivity contribution in [2.24, 2.45) is 0 Å². The van der Waals surface area contributed by atoms with Crippen LogP contribution in [-0.4, -0.2) is 10.9 Å². The molecule has 2 aromatic rings. The third-order valence-electron chi connectivity index (χ3n) is 2.21. The van der Waals surface area contributed by atoms with Crippen LogP contribution in [0.2, 0.25) is 5.02 Å². The molecule has 0 bridgehead atoms. The Morgan fingerprint density at radius 1 is 1.59 bits per heavy atom. The number of thiophene rings is 1. The third-order valence-corrected chi connectivity index (χ3v) is 3.90. The number of hydrogen-bond donors (Lipinski definition) is 2. The van der Waals surface area contributed by atoms with Crippen LogP contribution in [0.5, 0.6) is 0 Å². The molecule has 0 aliphatic heterocycles. The normalized spacial score (nSPS) is 10.2. The Labute approximate surface area is 107 Å². The number of pyridine rings is 1. The summed E-state index contributed by atoms with van der Waals surface area (Å²) in [6.45, 7) is 1.86. The molecular weight excluding hydrogens is 258 g/mol. The Bertz CT molecular complexity index is 568. The zero-order chi connectivity index (χ0) is 12.4. The van der Waals surface area contributed by atoms with Gasteiger partial charge in [-0.2, -0.15) is 0 Å². The average Bonchev–Trinajstić information content (AvgIpc) is 2.63. The number of nitrogens with one attached hydrogen (secondary N) is 1. The monoisotopic (exact) mass is 267 g/mol. The van der Waals surface area contributed by atoms with Crippen molar-refractivity contribution in [1.82, 2.24) is 4.98 Å². The quantitative estimate of drug-likeness (QED) is 0.879. The van der Waals surface area contributed by atoms with Crippen LogP contribution in [0.25, 0.3) is 0 Å². The summed E-state index contributed by atoms with van der Waals surface area (Å²) in [4.78, 5) is 16.3. The summed E-state index contributed by atoms with van der Waals surface area (Å²) in [6.07, 6.45) is 3.05. The van der Waals surface area contributed by atoms with E-state index in [9.17, 15) is 4.79 Å². The number of amides is 1. The third kappa shape index (κ3) is 2.40. The van der Waals surface area contributed by atoms with E-state index in [0.29, 0.717) is 21.3 Å². The van der Waals surface area contributed by atoms with Crippen molar-refractivity contribution < 1.29 is 4.79 Å². The van der Waals surface area contributed by atoms with E-state index in [1.165, 1.54) is 17.5 Å². The molecule has 0 saturated carbocycles. The van der Waals surface area contributed by atoms with Gasteiger partial charge in [-0.25, -0.2) is 0 Å². The molecule has 0 fully saturated rings. The highest BCUT2D eigenvalue weighted by atomic mass is 35.5. The molecule has 4 nitrogen and oxygen atoms in total. The van der Waals surface area contributed by atoms with E-state index >= 15 is 0 Å². The molecule has 88 valence electrons. The van der Waals surface area contributed by atoms with Gasteiger partial charge in [0.1, 0.15) is 4.88 Å². The molecule has 0 spiro atoms. The maximum absolute atomic E-state index is 11.9. The summed E-state index contributed by atoms with van der Waals surface area (Å²) in [5.74, 6) is -0.258. The first kappa shape index (κ1) is 11.9. The van der Waals surface area contributed by atoms with Crippen molar-refractivity contribution in [2.45, 2.75) is 6.92 Å². The average molecular weight is 268 g/mol. The van der Waals surface area contributed by atoms with Crippen LogP contribution in [0.1, 0.15) is 15.2 Å². The molecule has 0 aromatic carbocycles. The SMILES string of the molecule is Cc1csc(C(=O)Nc2ccncc2N)c1Cl. The lowest BCUT2D eigenvalue weighted by Gasteiger charge is -2.06. The van der Waals surface area contributed by atoms with E-state index in [-0.39, 0.29) is 5.91 Å². The minimum absolute atomic E-state index is 0.258. The van der Waals surface area contributed by atoms with Gasteiger partial charge < -0.3 is 11.1 Å². The zero-order valence-corrected chi connectivity index (χ0v) is 10.6. The number of nitrogens with zero attached hydrogens (tertiary/aromatic N) is 1. The van der Waals surface area contributed by atoms with Crippen LogP contribution < -0.4 is 11.1 Å². The fourth-order valence-electron chi connectivity index (χ4n) is 1.28. The molecule has 2 aromatic heterocycles. The maximum Gasteiger partial charge on any atom is 0.267 e. The molecule has 2 rings (SSSR count). The van der Waals surface area contributed by atoms with Crippen molar-refractivity contribution in [3.05, 3.63) is 39.3 Å². The predicted molar refractivity (Wildman–Crippen MR) is 70.7 cm³/mol. The van der Waals surface area contributed by atoms with Crippen LogP contribution in [0.3, 0.4) is 0 Å². The molecule has 17 heavy (non-hydrogen) atoms. The van der Waals surface area contributed by atoms with Crippen molar-refractivity contribution >= 4 is 40.2 Å². The number of carbonyl (C=O) groups excluding carboxylic acids is 1. The Morgan fingerprint density at radius 3 is 2.94 bits per heavy atom. The summed E-state index contributed by atoms with van der Waals surface area (Å²) >= 11 is 7.32. The lowest BCUT2D eigenvalue weighted by atomic mass is 10.3. The van der Waals surface area contributed by atoms with Crippen molar-refractivity contribution in [1.29, 1.82) is 0 Å².